The second-order valence-electron chi connectivity index (χ2n) is 3.18. The van der Waals surface area contributed by atoms with Crippen molar-refractivity contribution in [2.24, 2.45) is 5.92 Å². The normalized spacial score (nSPS) is 23.0. The molecule has 1 aliphatic carbocycles. The summed E-state index contributed by atoms with van der Waals surface area (Å²) in [5, 5.41) is 9.58. The molecule has 2 nitrogen and oxygen atoms in total. The van der Waals surface area contributed by atoms with Crippen LogP contribution in [0.2, 0.25) is 0 Å². The third-order valence-corrected chi connectivity index (χ3v) is 2.19. The van der Waals surface area contributed by atoms with Crippen LogP contribution < -0.4 is 0 Å². The van der Waals surface area contributed by atoms with Crippen molar-refractivity contribution in [2.45, 2.75) is 31.8 Å². The fraction of sp³-hybridized carbons (Fsp3) is 0.545. The molecule has 0 radical (unpaired) electrons. The second-order valence-corrected chi connectivity index (χ2v) is 3.18. The van der Waals surface area contributed by atoms with Gasteiger partial charge in [0.25, 0.3) is 0 Å². The van der Waals surface area contributed by atoms with Crippen LogP contribution in [0.4, 0.5) is 0 Å². The Hall–Kier alpha value is -1.07. The molecule has 0 fully saturated rings. The molecule has 2 atom stereocenters. The minimum Gasteiger partial charge on any atom is -0.380 e. The highest BCUT2D eigenvalue weighted by Crippen LogP contribution is 2.21. The van der Waals surface area contributed by atoms with Gasteiger partial charge in [-0.25, -0.2) is 0 Å². The Labute approximate surface area is 78.6 Å². The summed E-state index contributed by atoms with van der Waals surface area (Å²) in [7, 11) is 0. The first-order valence-electron chi connectivity index (χ1n) is 4.59. The number of aliphatic hydroxyl groups excluding tert-OH is 1. The molecule has 13 heavy (non-hydrogen) atoms. The molecule has 70 valence electrons. The van der Waals surface area contributed by atoms with Crippen LogP contribution in [0.5, 0.6) is 0 Å². The minimum atomic E-state index is -0.565. The van der Waals surface area contributed by atoms with Crippen molar-refractivity contribution >= 4 is 6.29 Å². The van der Waals surface area contributed by atoms with Crippen molar-refractivity contribution in [3.63, 3.8) is 0 Å². The van der Waals surface area contributed by atoms with E-state index in [4.69, 9.17) is 0 Å². The molecule has 1 N–H and O–H groups in total. The van der Waals surface area contributed by atoms with Crippen LogP contribution in [-0.4, -0.2) is 17.5 Å². The SMILES string of the molecule is O=CCC#CC(O)C1CC=CCC1. The van der Waals surface area contributed by atoms with Crippen LogP contribution in [-0.2, 0) is 4.79 Å². The summed E-state index contributed by atoms with van der Waals surface area (Å²) in [4.78, 5) is 9.97. The van der Waals surface area contributed by atoms with Gasteiger partial charge in [0, 0.05) is 0 Å². The molecule has 1 rings (SSSR count). The molecule has 1 aliphatic rings. The van der Waals surface area contributed by atoms with Crippen molar-refractivity contribution in [1.29, 1.82) is 0 Å². The van der Waals surface area contributed by atoms with Gasteiger partial charge < -0.3 is 9.90 Å². The molecule has 0 aromatic carbocycles. The summed E-state index contributed by atoms with van der Waals surface area (Å²) in [6.45, 7) is 0. The summed E-state index contributed by atoms with van der Waals surface area (Å²) in [6, 6.07) is 0. The fourth-order valence-corrected chi connectivity index (χ4v) is 1.43. The Morgan fingerprint density at radius 2 is 2.46 bits per heavy atom. The lowest BCUT2D eigenvalue weighted by atomic mass is 9.90. The van der Waals surface area contributed by atoms with Crippen LogP contribution in [0.3, 0.4) is 0 Å². The van der Waals surface area contributed by atoms with Gasteiger partial charge in [0.1, 0.15) is 12.4 Å². The van der Waals surface area contributed by atoms with Gasteiger partial charge in [-0.1, -0.05) is 24.0 Å². The molecule has 0 spiro atoms. The maximum Gasteiger partial charge on any atom is 0.131 e. The molecule has 2 heteroatoms. The van der Waals surface area contributed by atoms with Crippen molar-refractivity contribution in [3.8, 4) is 11.8 Å². The lowest BCUT2D eigenvalue weighted by Gasteiger charge is -2.19. The molecule has 0 heterocycles. The first kappa shape index (κ1) is 10.0. The smallest absolute Gasteiger partial charge is 0.131 e. The quantitative estimate of drug-likeness (QED) is 0.393. The lowest BCUT2D eigenvalue weighted by molar-refractivity contribution is -0.107. The Morgan fingerprint density at radius 1 is 1.62 bits per heavy atom. The van der Waals surface area contributed by atoms with Crippen LogP contribution in [0.1, 0.15) is 25.7 Å². The predicted molar refractivity (Wildman–Crippen MR) is 50.9 cm³/mol. The number of aliphatic hydroxyl groups is 1. The van der Waals surface area contributed by atoms with E-state index in [1.807, 2.05) is 0 Å². The topological polar surface area (TPSA) is 37.3 Å². The molecule has 0 amide bonds. The van der Waals surface area contributed by atoms with Gasteiger partial charge in [-0.2, -0.15) is 0 Å². The molecule has 2 unspecified atom stereocenters. The summed E-state index contributed by atoms with van der Waals surface area (Å²) < 4.78 is 0. The van der Waals surface area contributed by atoms with Gasteiger partial charge in [-0.3, -0.25) is 0 Å². The van der Waals surface area contributed by atoms with Crippen LogP contribution in [0.15, 0.2) is 12.2 Å². The van der Waals surface area contributed by atoms with E-state index >= 15 is 0 Å². The number of hydrogen-bond donors (Lipinski definition) is 1. The van der Waals surface area contributed by atoms with E-state index in [1.54, 1.807) is 0 Å². The van der Waals surface area contributed by atoms with Crippen molar-refractivity contribution in [1.82, 2.24) is 0 Å². The Kier molecular flexibility index (Phi) is 4.28. The zero-order valence-electron chi connectivity index (χ0n) is 7.57. The number of allylic oxidation sites excluding steroid dienone is 2. The van der Waals surface area contributed by atoms with E-state index < -0.39 is 6.10 Å². The Balaban J connectivity index is 2.39. The standard InChI is InChI=1S/C11H14O2/c12-9-5-4-8-11(13)10-6-2-1-3-7-10/h1-2,9-11,13H,3,5-7H2. The van der Waals surface area contributed by atoms with E-state index in [2.05, 4.69) is 24.0 Å². The zero-order chi connectivity index (χ0) is 9.52. The number of rotatable bonds is 2. The van der Waals surface area contributed by atoms with Crippen molar-refractivity contribution in [2.75, 3.05) is 0 Å². The van der Waals surface area contributed by atoms with Gasteiger partial charge >= 0.3 is 0 Å². The fourth-order valence-electron chi connectivity index (χ4n) is 1.43. The molecule has 0 aromatic rings. The third-order valence-electron chi connectivity index (χ3n) is 2.19. The van der Waals surface area contributed by atoms with Crippen molar-refractivity contribution in [3.05, 3.63) is 12.2 Å². The van der Waals surface area contributed by atoms with E-state index in [0.29, 0.717) is 0 Å². The molecular formula is C11H14O2. The van der Waals surface area contributed by atoms with Gasteiger partial charge in [-0.05, 0) is 25.2 Å². The third kappa shape index (κ3) is 3.43. The molecular weight excluding hydrogens is 164 g/mol. The maximum absolute atomic E-state index is 9.97. The predicted octanol–water partition coefficient (Wildman–Crippen LogP) is 1.30. The first-order chi connectivity index (χ1) is 6.34. The number of carbonyl (C=O) groups excluding carboxylic acids is 1. The number of hydrogen-bond acceptors (Lipinski definition) is 2. The molecule has 0 saturated heterocycles. The zero-order valence-corrected chi connectivity index (χ0v) is 7.57. The van der Waals surface area contributed by atoms with Crippen molar-refractivity contribution < 1.29 is 9.90 Å². The number of aldehydes is 1. The molecule has 0 saturated carbocycles. The monoisotopic (exact) mass is 178 g/mol. The second kappa shape index (κ2) is 5.55. The lowest BCUT2D eigenvalue weighted by Crippen LogP contribution is -2.19. The average molecular weight is 178 g/mol. The summed E-state index contributed by atoms with van der Waals surface area (Å²) in [5.41, 5.74) is 0. The van der Waals surface area contributed by atoms with Gasteiger partial charge in [0.05, 0.1) is 6.42 Å². The van der Waals surface area contributed by atoms with E-state index in [9.17, 15) is 9.90 Å². The molecule has 0 bridgehead atoms. The highest BCUT2D eigenvalue weighted by Gasteiger charge is 2.16. The average Bonchev–Trinajstić information content (AvgIpc) is 2.19. The van der Waals surface area contributed by atoms with E-state index in [1.165, 1.54) is 0 Å². The van der Waals surface area contributed by atoms with E-state index in [-0.39, 0.29) is 12.3 Å². The highest BCUT2D eigenvalue weighted by atomic mass is 16.3. The van der Waals surface area contributed by atoms with Crippen LogP contribution in [0.25, 0.3) is 0 Å². The van der Waals surface area contributed by atoms with Crippen LogP contribution in [0, 0.1) is 17.8 Å². The minimum absolute atomic E-state index is 0.222. The summed E-state index contributed by atoms with van der Waals surface area (Å²) in [5.74, 6) is 5.59. The van der Waals surface area contributed by atoms with Crippen LogP contribution >= 0.6 is 0 Å². The molecule has 0 aliphatic heterocycles. The Bertz CT molecular complexity index is 245. The van der Waals surface area contributed by atoms with Gasteiger partial charge in [-0.15, -0.1) is 0 Å². The van der Waals surface area contributed by atoms with E-state index in [0.717, 1.165) is 25.5 Å². The Morgan fingerprint density at radius 3 is 3.08 bits per heavy atom. The maximum atomic E-state index is 9.97. The summed E-state index contributed by atoms with van der Waals surface area (Å²) >= 11 is 0. The summed E-state index contributed by atoms with van der Waals surface area (Å²) in [6.07, 6.45) is 7.53. The van der Waals surface area contributed by atoms with Gasteiger partial charge in [0.2, 0.25) is 0 Å². The van der Waals surface area contributed by atoms with Gasteiger partial charge in [0.15, 0.2) is 0 Å². The largest absolute Gasteiger partial charge is 0.380 e. The molecule has 0 aromatic heterocycles. The first-order valence-corrected chi connectivity index (χ1v) is 4.59. The highest BCUT2D eigenvalue weighted by molar-refractivity contribution is 5.53. The number of carbonyl (C=O) groups is 1.